The first-order valence-electron chi connectivity index (χ1n) is 1.56. The summed E-state index contributed by atoms with van der Waals surface area (Å²) in [7, 11) is 0. The van der Waals surface area contributed by atoms with Crippen LogP contribution in [-0.2, 0) is 0 Å². The third-order valence-corrected chi connectivity index (χ3v) is 0.772. The Morgan fingerprint density at radius 3 is 2.50 bits per heavy atom. The van der Waals surface area contributed by atoms with Crippen molar-refractivity contribution in [2.24, 2.45) is 0 Å². The molecule has 3 N–H and O–H groups in total. The maximum absolute atomic E-state index is 5.07. The summed E-state index contributed by atoms with van der Waals surface area (Å²) in [5, 5.41) is 8.94. The molecule has 0 aliphatic rings. The molecule has 1 aromatic heterocycles. The van der Waals surface area contributed by atoms with Crippen LogP contribution in [0.5, 0.6) is 0 Å². The Hall–Kier alpha value is 0.0900. The summed E-state index contributed by atoms with van der Waals surface area (Å²) in [6, 6.07) is 0. The molecule has 0 radical (unpaired) electrons. The number of aromatic amines is 1. The zero-order valence-corrected chi connectivity index (χ0v) is 7.14. The molecular formula is CH3N5NaS+. The van der Waals surface area contributed by atoms with Crippen LogP contribution in [-0.4, -0.2) is 20.3 Å². The van der Waals surface area contributed by atoms with Gasteiger partial charge in [0.25, 0.3) is 4.77 Å². The van der Waals surface area contributed by atoms with Crippen molar-refractivity contribution >= 4 is 12.2 Å². The second-order valence-corrected chi connectivity index (χ2v) is 1.32. The van der Waals surface area contributed by atoms with E-state index in [9.17, 15) is 0 Å². The molecule has 0 fully saturated rings. The van der Waals surface area contributed by atoms with Gasteiger partial charge in [-0.15, -0.1) is 0 Å². The predicted molar refractivity (Wildman–Crippen MR) is 25.4 cm³/mol. The zero-order valence-electron chi connectivity index (χ0n) is 4.33. The Kier molecular flexibility index (Phi) is 3.22. The van der Waals surface area contributed by atoms with E-state index in [1.807, 2.05) is 0 Å². The minimum atomic E-state index is 0. The van der Waals surface area contributed by atoms with E-state index in [0.29, 0.717) is 0 Å². The summed E-state index contributed by atoms with van der Waals surface area (Å²) < 4.78 is 0.250. The van der Waals surface area contributed by atoms with E-state index in [1.54, 1.807) is 0 Å². The van der Waals surface area contributed by atoms with Gasteiger partial charge in [0.2, 0.25) is 0 Å². The number of rotatable bonds is 0. The van der Waals surface area contributed by atoms with Crippen LogP contribution in [0.3, 0.4) is 0 Å². The molecule has 7 heteroatoms. The number of nitrogen functional groups attached to an aromatic ring is 1. The molecule has 5 nitrogen and oxygen atoms in total. The average Bonchev–Trinajstić information content (AvgIpc) is 1.91. The van der Waals surface area contributed by atoms with E-state index in [0.717, 1.165) is 4.79 Å². The molecule has 0 aromatic carbocycles. The molecule has 1 rings (SSSR count). The summed E-state index contributed by atoms with van der Waals surface area (Å²) in [6.07, 6.45) is 0. The molecule has 0 atom stereocenters. The molecule has 0 bridgehead atoms. The average molecular weight is 140 g/mol. The summed E-state index contributed by atoms with van der Waals surface area (Å²) >= 11 is 4.52. The quantitative estimate of drug-likeness (QED) is 0.219. The molecule has 0 unspecified atom stereocenters. The number of tetrazole rings is 1. The van der Waals surface area contributed by atoms with Crippen LogP contribution in [0.25, 0.3) is 0 Å². The summed E-state index contributed by atoms with van der Waals surface area (Å²) in [5.41, 5.74) is 0. The van der Waals surface area contributed by atoms with Crippen molar-refractivity contribution in [2.45, 2.75) is 0 Å². The first kappa shape index (κ1) is 8.09. The number of nitrogens with zero attached hydrogens (tertiary/aromatic N) is 3. The zero-order chi connectivity index (χ0) is 5.28. The number of aromatic nitrogens is 4. The monoisotopic (exact) mass is 140 g/mol. The topological polar surface area (TPSA) is 72.5 Å². The summed E-state index contributed by atoms with van der Waals surface area (Å²) in [6.45, 7) is 0. The van der Waals surface area contributed by atoms with Crippen LogP contribution in [0, 0.1) is 4.77 Å². The van der Waals surface area contributed by atoms with Gasteiger partial charge < -0.3 is 5.84 Å². The van der Waals surface area contributed by atoms with Crippen LogP contribution < -0.4 is 35.4 Å². The SMILES string of the molecule is Nn1[nH]nnc1=S.[Na+]. The Balaban J connectivity index is 0.000000490. The smallest absolute Gasteiger partial charge is 0.321 e. The molecule has 1 aromatic rings. The van der Waals surface area contributed by atoms with Crippen LogP contribution in [0.1, 0.15) is 0 Å². The second kappa shape index (κ2) is 3.18. The van der Waals surface area contributed by atoms with Crippen LogP contribution in [0.15, 0.2) is 0 Å². The Bertz CT molecular complexity index is 200. The van der Waals surface area contributed by atoms with Crippen molar-refractivity contribution in [1.29, 1.82) is 0 Å². The molecule has 0 aliphatic carbocycles. The van der Waals surface area contributed by atoms with Gasteiger partial charge >= 0.3 is 29.6 Å². The molecule has 0 amide bonds. The van der Waals surface area contributed by atoms with Crippen molar-refractivity contribution in [1.82, 2.24) is 20.3 Å². The van der Waals surface area contributed by atoms with Gasteiger partial charge in [0.05, 0.1) is 0 Å². The number of hydrogen-bond acceptors (Lipinski definition) is 4. The van der Waals surface area contributed by atoms with E-state index in [4.69, 9.17) is 5.84 Å². The molecule has 1 heterocycles. The number of H-pyrrole nitrogens is 1. The molecular weight excluding hydrogens is 137 g/mol. The normalized spacial score (nSPS) is 8.00. The maximum Gasteiger partial charge on any atom is 1.00 e. The molecule has 38 valence electrons. The van der Waals surface area contributed by atoms with Gasteiger partial charge in [-0.05, 0) is 17.4 Å². The van der Waals surface area contributed by atoms with Gasteiger partial charge in [0.1, 0.15) is 0 Å². The number of hydrogen-bond donors (Lipinski definition) is 2. The van der Waals surface area contributed by atoms with E-state index in [2.05, 4.69) is 27.7 Å². The Morgan fingerprint density at radius 2 is 2.38 bits per heavy atom. The van der Waals surface area contributed by atoms with E-state index >= 15 is 0 Å². The van der Waals surface area contributed by atoms with Gasteiger partial charge in [0, 0.05) is 0 Å². The number of nitrogens with one attached hydrogen (secondary N) is 1. The molecule has 0 spiro atoms. The fraction of sp³-hybridized carbons (Fsp3) is 0. The van der Waals surface area contributed by atoms with Crippen molar-refractivity contribution in [3.63, 3.8) is 0 Å². The van der Waals surface area contributed by atoms with Crippen molar-refractivity contribution in [3.05, 3.63) is 4.77 Å². The minimum Gasteiger partial charge on any atom is -0.321 e. The molecule has 0 aliphatic heterocycles. The van der Waals surface area contributed by atoms with Gasteiger partial charge in [-0.3, -0.25) is 0 Å². The summed E-state index contributed by atoms with van der Waals surface area (Å²) in [4.78, 5) is 1.05. The maximum atomic E-state index is 5.07. The molecule has 0 saturated heterocycles. The Morgan fingerprint density at radius 1 is 1.75 bits per heavy atom. The van der Waals surface area contributed by atoms with Crippen LogP contribution >= 0.6 is 12.2 Å². The second-order valence-electron chi connectivity index (χ2n) is 0.953. The largest absolute Gasteiger partial charge is 1.00 e. The van der Waals surface area contributed by atoms with Gasteiger partial charge in [-0.25, -0.2) is 0 Å². The van der Waals surface area contributed by atoms with E-state index in [1.165, 1.54) is 0 Å². The van der Waals surface area contributed by atoms with Gasteiger partial charge in [-0.2, -0.15) is 10.0 Å². The van der Waals surface area contributed by atoms with Crippen molar-refractivity contribution in [3.8, 4) is 0 Å². The van der Waals surface area contributed by atoms with E-state index in [-0.39, 0.29) is 34.3 Å². The third-order valence-electron chi connectivity index (χ3n) is 0.494. The predicted octanol–water partition coefficient (Wildman–Crippen LogP) is -3.95. The van der Waals surface area contributed by atoms with E-state index < -0.39 is 0 Å². The van der Waals surface area contributed by atoms with Gasteiger partial charge in [-0.1, -0.05) is 5.10 Å². The van der Waals surface area contributed by atoms with Crippen LogP contribution in [0.4, 0.5) is 0 Å². The number of nitrogens with two attached hydrogens (primary N) is 1. The third kappa shape index (κ3) is 1.55. The molecule has 8 heavy (non-hydrogen) atoms. The molecule has 0 saturated carbocycles. The fourth-order valence-electron chi connectivity index (χ4n) is 0.204. The van der Waals surface area contributed by atoms with Crippen molar-refractivity contribution < 1.29 is 29.6 Å². The summed E-state index contributed by atoms with van der Waals surface area (Å²) in [5.74, 6) is 5.07. The fourth-order valence-corrected chi connectivity index (χ4v) is 0.286. The first-order chi connectivity index (χ1) is 3.30. The first-order valence-corrected chi connectivity index (χ1v) is 1.96. The van der Waals surface area contributed by atoms with Crippen LogP contribution in [0.2, 0.25) is 0 Å². The standard InChI is InChI=1S/CH3N5S.Na/c2-6-1(7)3-4-5-6;/h2H2,(H,3,5,7);/q;+1. The minimum absolute atomic E-state index is 0. The Labute approximate surface area is 72.5 Å². The van der Waals surface area contributed by atoms with Gasteiger partial charge in [0.15, 0.2) is 0 Å². The van der Waals surface area contributed by atoms with Crippen molar-refractivity contribution in [2.75, 3.05) is 5.84 Å².